The predicted octanol–water partition coefficient (Wildman–Crippen LogP) is 3.30. The van der Waals surface area contributed by atoms with Crippen molar-refractivity contribution in [3.8, 4) is 23.2 Å². The van der Waals surface area contributed by atoms with Crippen LogP contribution in [0.25, 0.3) is 22.5 Å². The molecule has 0 bridgehead atoms. The lowest BCUT2D eigenvalue weighted by molar-refractivity contribution is 0.280. The zero-order valence-corrected chi connectivity index (χ0v) is 18.0. The Morgan fingerprint density at radius 1 is 1.16 bits per heavy atom. The molecule has 162 valence electrons. The molecule has 0 aliphatic heterocycles. The van der Waals surface area contributed by atoms with Gasteiger partial charge in [-0.1, -0.05) is 18.2 Å². The standard InChI is InChI=1S/C24H23N5O3/c1-28(2)9-4-10-31-20-14-26-23(27-15-20)19-6-3-5-18(11-19)16-29-21-12-17(13-25)7-8-22(21)32-24(29)30/h3,5-8,11-12,14-15H,4,9-10,16H2,1-2H3. The molecular formula is C24H23N5O3. The van der Waals surface area contributed by atoms with Gasteiger partial charge in [-0.3, -0.25) is 4.57 Å². The van der Waals surface area contributed by atoms with E-state index in [0.717, 1.165) is 24.1 Å². The number of aromatic nitrogens is 3. The lowest BCUT2D eigenvalue weighted by Crippen LogP contribution is -2.15. The molecule has 2 aromatic heterocycles. The molecule has 8 heteroatoms. The SMILES string of the molecule is CN(C)CCCOc1cnc(-c2cccc(Cn3c(=O)oc4ccc(C#N)cc43)c2)nc1. The first-order valence-corrected chi connectivity index (χ1v) is 10.3. The second kappa shape index (κ2) is 9.45. The van der Waals surface area contributed by atoms with E-state index in [1.807, 2.05) is 38.4 Å². The van der Waals surface area contributed by atoms with Crippen molar-refractivity contribution >= 4 is 11.1 Å². The van der Waals surface area contributed by atoms with Crippen LogP contribution in [-0.4, -0.2) is 46.7 Å². The van der Waals surface area contributed by atoms with Gasteiger partial charge in [-0.2, -0.15) is 5.26 Å². The predicted molar refractivity (Wildman–Crippen MR) is 120 cm³/mol. The van der Waals surface area contributed by atoms with Crippen LogP contribution in [0.4, 0.5) is 0 Å². The Labute approximate surface area is 185 Å². The van der Waals surface area contributed by atoms with E-state index in [0.29, 0.717) is 41.4 Å². The Balaban J connectivity index is 1.51. The van der Waals surface area contributed by atoms with Crippen LogP contribution in [-0.2, 0) is 6.54 Å². The van der Waals surface area contributed by atoms with E-state index in [9.17, 15) is 4.79 Å². The van der Waals surface area contributed by atoms with Gasteiger partial charge in [0, 0.05) is 12.1 Å². The molecular weight excluding hydrogens is 406 g/mol. The highest BCUT2D eigenvalue weighted by atomic mass is 16.5. The molecule has 2 aromatic carbocycles. The number of oxazole rings is 1. The molecule has 0 aliphatic rings. The van der Waals surface area contributed by atoms with E-state index >= 15 is 0 Å². The van der Waals surface area contributed by atoms with E-state index in [-0.39, 0.29) is 0 Å². The maximum atomic E-state index is 12.4. The summed E-state index contributed by atoms with van der Waals surface area (Å²) < 4.78 is 12.5. The summed E-state index contributed by atoms with van der Waals surface area (Å²) in [5, 5.41) is 9.16. The van der Waals surface area contributed by atoms with Crippen molar-refractivity contribution in [2.45, 2.75) is 13.0 Å². The van der Waals surface area contributed by atoms with Gasteiger partial charge >= 0.3 is 5.76 Å². The highest BCUT2D eigenvalue weighted by Gasteiger charge is 2.11. The van der Waals surface area contributed by atoms with Crippen molar-refractivity contribution in [2.75, 3.05) is 27.2 Å². The normalized spacial score (nSPS) is 11.1. The van der Waals surface area contributed by atoms with E-state index < -0.39 is 5.76 Å². The number of hydrogen-bond donors (Lipinski definition) is 0. The van der Waals surface area contributed by atoms with Crippen LogP contribution in [0.3, 0.4) is 0 Å². The summed E-state index contributed by atoms with van der Waals surface area (Å²) in [6.45, 7) is 1.87. The van der Waals surface area contributed by atoms with Crippen LogP contribution in [0.5, 0.6) is 5.75 Å². The summed E-state index contributed by atoms with van der Waals surface area (Å²) in [4.78, 5) is 23.3. The molecule has 0 atom stereocenters. The van der Waals surface area contributed by atoms with Gasteiger partial charge in [0.05, 0.1) is 42.7 Å². The molecule has 0 fully saturated rings. The van der Waals surface area contributed by atoms with Crippen molar-refractivity contribution in [3.63, 3.8) is 0 Å². The van der Waals surface area contributed by atoms with Crippen LogP contribution in [0.15, 0.2) is 64.1 Å². The van der Waals surface area contributed by atoms with Crippen LogP contribution in [0.1, 0.15) is 17.5 Å². The third kappa shape index (κ3) is 4.85. The third-order valence-corrected chi connectivity index (χ3v) is 4.97. The summed E-state index contributed by atoms with van der Waals surface area (Å²) in [7, 11) is 4.06. The average Bonchev–Trinajstić information content (AvgIpc) is 3.11. The van der Waals surface area contributed by atoms with Crippen LogP contribution >= 0.6 is 0 Å². The van der Waals surface area contributed by atoms with E-state index in [2.05, 4.69) is 20.9 Å². The summed E-state index contributed by atoms with van der Waals surface area (Å²) in [6, 6.07) is 14.7. The highest BCUT2D eigenvalue weighted by molar-refractivity contribution is 5.75. The van der Waals surface area contributed by atoms with Gasteiger partial charge in [0.15, 0.2) is 17.2 Å². The minimum absolute atomic E-state index is 0.307. The minimum Gasteiger partial charge on any atom is -0.490 e. The van der Waals surface area contributed by atoms with Gasteiger partial charge in [-0.25, -0.2) is 14.8 Å². The number of rotatable bonds is 8. The Morgan fingerprint density at radius 3 is 2.72 bits per heavy atom. The van der Waals surface area contributed by atoms with Crippen LogP contribution in [0.2, 0.25) is 0 Å². The fourth-order valence-electron chi connectivity index (χ4n) is 3.38. The van der Waals surface area contributed by atoms with Gasteiger partial charge in [-0.05, 0) is 50.3 Å². The molecule has 2 heterocycles. The monoisotopic (exact) mass is 429 g/mol. The molecule has 0 radical (unpaired) electrons. The smallest absolute Gasteiger partial charge is 0.420 e. The van der Waals surface area contributed by atoms with Gasteiger partial charge in [-0.15, -0.1) is 0 Å². The average molecular weight is 429 g/mol. The topological polar surface area (TPSA) is 97.2 Å². The molecule has 0 unspecified atom stereocenters. The van der Waals surface area contributed by atoms with Crippen molar-refractivity contribution in [2.24, 2.45) is 0 Å². The zero-order chi connectivity index (χ0) is 22.5. The first-order valence-electron chi connectivity index (χ1n) is 10.3. The number of nitriles is 1. The minimum atomic E-state index is -0.465. The molecule has 0 N–H and O–H groups in total. The Kier molecular flexibility index (Phi) is 6.29. The molecule has 0 spiro atoms. The van der Waals surface area contributed by atoms with Crippen molar-refractivity contribution < 1.29 is 9.15 Å². The number of nitrogens with zero attached hydrogens (tertiary/aromatic N) is 5. The molecule has 8 nitrogen and oxygen atoms in total. The van der Waals surface area contributed by atoms with E-state index in [1.165, 1.54) is 4.57 Å². The molecule has 4 rings (SSSR count). The first kappa shape index (κ1) is 21.3. The first-order chi connectivity index (χ1) is 15.5. The number of benzene rings is 2. The van der Waals surface area contributed by atoms with Crippen molar-refractivity contribution in [1.82, 2.24) is 19.4 Å². The van der Waals surface area contributed by atoms with Crippen molar-refractivity contribution in [1.29, 1.82) is 5.26 Å². The van der Waals surface area contributed by atoms with Gasteiger partial charge in [0.2, 0.25) is 0 Å². The van der Waals surface area contributed by atoms with Crippen molar-refractivity contribution in [3.05, 3.63) is 76.5 Å². The summed E-state index contributed by atoms with van der Waals surface area (Å²) in [5.41, 5.74) is 3.24. The third-order valence-electron chi connectivity index (χ3n) is 4.97. The Morgan fingerprint density at radius 2 is 1.97 bits per heavy atom. The fourth-order valence-corrected chi connectivity index (χ4v) is 3.38. The van der Waals surface area contributed by atoms with E-state index in [4.69, 9.17) is 14.4 Å². The highest BCUT2D eigenvalue weighted by Crippen LogP contribution is 2.20. The van der Waals surface area contributed by atoms with Crippen LogP contribution in [0, 0.1) is 11.3 Å². The Bertz CT molecular complexity index is 1320. The molecule has 32 heavy (non-hydrogen) atoms. The molecule has 4 aromatic rings. The zero-order valence-electron chi connectivity index (χ0n) is 18.0. The Hall–Kier alpha value is -3.96. The van der Waals surface area contributed by atoms with Gasteiger partial charge in [0.1, 0.15) is 0 Å². The lowest BCUT2D eigenvalue weighted by Gasteiger charge is -2.10. The summed E-state index contributed by atoms with van der Waals surface area (Å²) in [5.74, 6) is 0.740. The largest absolute Gasteiger partial charge is 0.490 e. The maximum Gasteiger partial charge on any atom is 0.420 e. The number of ether oxygens (including phenoxy) is 1. The molecule has 0 saturated carbocycles. The second-order valence-corrected chi connectivity index (χ2v) is 7.70. The van der Waals surface area contributed by atoms with Crippen LogP contribution < -0.4 is 10.5 Å². The van der Waals surface area contributed by atoms with Gasteiger partial charge in [0.25, 0.3) is 0 Å². The summed E-state index contributed by atoms with van der Waals surface area (Å²) >= 11 is 0. The second-order valence-electron chi connectivity index (χ2n) is 7.70. The van der Waals surface area contributed by atoms with Gasteiger partial charge < -0.3 is 14.1 Å². The molecule has 0 amide bonds. The molecule has 0 saturated heterocycles. The number of fused-ring (bicyclic) bond motifs is 1. The quantitative estimate of drug-likeness (QED) is 0.396. The molecule has 0 aliphatic carbocycles. The fraction of sp³-hybridized carbons (Fsp3) is 0.250. The van der Waals surface area contributed by atoms with E-state index in [1.54, 1.807) is 30.6 Å². The maximum absolute atomic E-state index is 12.4. The summed E-state index contributed by atoms with van der Waals surface area (Å²) in [6.07, 6.45) is 4.26. The lowest BCUT2D eigenvalue weighted by atomic mass is 10.1. The number of hydrogen-bond acceptors (Lipinski definition) is 7.